The zero-order valence-electron chi connectivity index (χ0n) is 23.5. The van der Waals surface area contributed by atoms with Crippen molar-refractivity contribution < 1.29 is 19.1 Å². The summed E-state index contributed by atoms with van der Waals surface area (Å²) in [5, 5.41) is 10.6. The van der Waals surface area contributed by atoms with Crippen LogP contribution in [0.5, 0.6) is 0 Å². The van der Waals surface area contributed by atoms with E-state index in [-0.39, 0.29) is 22.8 Å². The second kappa shape index (κ2) is 13.1. The smallest absolute Gasteiger partial charge is 0.339 e. The summed E-state index contributed by atoms with van der Waals surface area (Å²) in [6.45, 7) is 2.84. The number of benzene rings is 2. The lowest BCUT2D eigenvalue weighted by Crippen LogP contribution is -2.04. The van der Waals surface area contributed by atoms with Crippen LogP contribution in [-0.2, 0) is 4.74 Å². The Kier molecular flexibility index (Phi) is 9.43. The maximum absolute atomic E-state index is 12.0. The maximum Gasteiger partial charge on any atom is 0.339 e. The molecule has 10 nitrogen and oxygen atoms in total. The highest BCUT2D eigenvalue weighted by molar-refractivity contribution is 6.35. The van der Waals surface area contributed by atoms with Crippen LogP contribution < -0.4 is 0 Å². The van der Waals surface area contributed by atoms with Crippen LogP contribution in [0.1, 0.15) is 45.2 Å². The first-order chi connectivity index (χ1) is 21.4. The molecule has 0 amide bonds. The van der Waals surface area contributed by atoms with E-state index in [4.69, 9.17) is 58.0 Å². The van der Waals surface area contributed by atoms with Crippen molar-refractivity contribution in [2.24, 2.45) is 0 Å². The van der Waals surface area contributed by atoms with Crippen molar-refractivity contribution in [1.82, 2.24) is 29.2 Å². The third-order valence-corrected chi connectivity index (χ3v) is 7.36. The molecule has 45 heavy (non-hydrogen) atoms. The third kappa shape index (κ3) is 6.80. The zero-order valence-corrected chi connectivity index (χ0v) is 27.3. The number of nitrogens with zero attached hydrogens (tertiary/aromatic N) is 6. The van der Waals surface area contributed by atoms with Gasteiger partial charge < -0.3 is 4.74 Å². The molecule has 4 heterocycles. The van der Waals surface area contributed by atoms with Gasteiger partial charge in [-0.3, -0.25) is 9.59 Å². The van der Waals surface area contributed by atoms with Crippen molar-refractivity contribution in [3.63, 3.8) is 0 Å². The van der Waals surface area contributed by atoms with Gasteiger partial charge in [-0.1, -0.05) is 58.0 Å². The first kappa shape index (κ1) is 32.3. The fourth-order valence-corrected chi connectivity index (χ4v) is 5.66. The molecule has 0 unspecified atom stereocenters. The summed E-state index contributed by atoms with van der Waals surface area (Å²) in [6.07, 6.45) is 2.83. The summed E-state index contributed by atoms with van der Waals surface area (Å²) in [7, 11) is 1.28. The minimum absolute atomic E-state index is 0.178. The Balaban J connectivity index is 0.000000179. The summed E-state index contributed by atoms with van der Waals surface area (Å²) < 4.78 is 7.68. The number of ketones is 2. The van der Waals surface area contributed by atoms with Crippen molar-refractivity contribution in [1.29, 1.82) is 0 Å². The topological polar surface area (TPSA) is 121 Å². The van der Waals surface area contributed by atoms with Crippen LogP contribution in [0.25, 0.3) is 33.8 Å². The number of imidazole rings is 2. The van der Waals surface area contributed by atoms with Gasteiger partial charge in [-0.15, -0.1) is 0 Å². The molecule has 0 saturated carbocycles. The van der Waals surface area contributed by atoms with Crippen LogP contribution in [0.2, 0.25) is 25.1 Å². The van der Waals surface area contributed by atoms with E-state index in [1.54, 1.807) is 47.0 Å². The molecule has 0 N–H and O–H groups in total. The molecular formula is C30H19Cl5N6O4. The fraction of sp³-hybridized carbons (Fsp3) is 0.100. The molecule has 6 aromatic rings. The van der Waals surface area contributed by atoms with E-state index in [9.17, 15) is 14.4 Å². The van der Waals surface area contributed by atoms with Crippen LogP contribution >= 0.6 is 58.0 Å². The number of carbonyl (C=O) groups excluding carboxylic acids is 3. The molecule has 0 radical (unpaired) electrons. The molecule has 0 saturated heterocycles. The van der Waals surface area contributed by atoms with Crippen LogP contribution in [0, 0.1) is 0 Å². The van der Waals surface area contributed by atoms with E-state index in [2.05, 4.69) is 24.9 Å². The van der Waals surface area contributed by atoms with Gasteiger partial charge in [0.1, 0.15) is 22.8 Å². The van der Waals surface area contributed by atoms with Crippen LogP contribution in [0.15, 0.2) is 60.9 Å². The van der Waals surface area contributed by atoms with E-state index in [1.807, 2.05) is 0 Å². The van der Waals surface area contributed by atoms with E-state index in [1.165, 1.54) is 43.9 Å². The monoisotopic (exact) mass is 702 g/mol. The van der Waals surface area contributed by atoms with E-state index in [0.717, 1.165) is 0 Å². The lowest BCUT2D eigenvalue weighted by Gasteiger charge is -2.05. The Morgan fingerprint density at radius 1 is 0.600 bits per heavy atom. The van der Waals surface area contributed by atoms with Crippen LogP contribution in [0.4, 0.5) is 0 Å². The summed E-state index contributed by atoms with van der Waals surface area (Å²) in [6, 6.07) is 13.1. The van der Waals surface area contributed by atoms with Gasteiger partial charge >= 0.3 is 5.97 Å². The lowest BCUT2D eigenvalue weighted by atomic mass is 10.1. The average Bonchev–Trinajstić information content (AvgIpc) is 3.54. The van der Waals surface area contributed by atoms with Crippen molar-refractivity contribution in [3.8, 4) is 22.5 Å². The molecule has 0 bridgehead atoms. The summed E-state index contributed by atoms with van der Waals surface area (Å²) in [5.74, 6) is -0.960. The van der Waals surface area contributed by atoms with Crippen molar-refractivity contribution in [3.05, 3.63) is 103 Å². The first-order valence-electron chi connectivity index (χ1n) is 12.8. The lowest BCUT2D eigenvalue weighted by molar-refractivity contribution is 0.0599. The predicted octanol–water partition coefficient (Wildman–Crippen LogP) is 8.25. The number of hydrogen-bond acceptors (Lipinski definition) is 8. The van der Waals surface area contributed by atoms with Crippen LogP contribution in [0.3, 0.4) is 0 Å². The third-order valence-electron chi connectivity index (χ3n) is 6.28. The number of Topliss-reactive ketones (excluding diaryl/α,β-unsaturated/α-hetero) is 2. The summed E-state index contributed by atoms with van der Waals surface area (Å²) in [4.78, 5) is 44.1. The second-order valence-corrected chi connectivity index (χ2v) is 11.7. The number of methoxy groups -OCH3 is 1. The molecule has 0 aliphatic carbocycles. The zero-order chi connectivity index (χ0) is 32.6. The quantitative estimate of drug-likeness (QED) is 0.130. The Morgan fingerprint density at radius 2 is 1.02 bits per heavy atom. The molecule has 4 aromatic heterocycles. The molecule has 0 atom stereocenters. The number of ether oxygens (including phenoxy) is 1. The average molecular weight is 705 g/mol. The van der Waals surface area contributed by atoms with Gasteiger partial charge in [-0.05, 0) is 42.5 Å². The van der Waals surface area contributed by atoms with E-state index >= 15 is 0 Å². The minimum atomic E-state index is -0.537. The highest BCUT2D eigenvalue weighted by Gasteiger charge is 2.21. The predicted molar refractivity (Wildman–Crippen MR) is 173 cm³/mol. The highest BCUT2D eigenvalue weighted by Crippen LogP contribution is 2.32. The van der Waals surface area contributed by atoms with Crippen molar-refractivity contribution in [2.45, 2.75) is 13.8 Å². The maximum atomic E-state index is 12.0. The number of esters is 1. The molecule has 0 aliphatic heterocycles. The van der Waals surface area contributed by atoms with Crippen LogP contribution in [-0.4, -0.2) is 53.8 Å². The Bertz CT molecular complexity index is 2120. The summed E-state index contributed by atoms with van der Waals surface area (Å²) in [5.41, 5.74) is 3.83. The number of carbonyl (C=O) groups is 3. The molecule has 15 heteroatoms. The molecular weight excluding hydrogens is 686 g/mol. The van der Waals surface area contributed by atoms with Crippen molar-refractivity contribution in [2.75, 3.05) is 7.11 Å². The molecule has 0 fully saturated rings. The largest absolute Gasteiger partial charge is 0.465 e. The number of halogens is 5. The number of aromatic nitrogens is 6. The normalized spacial score (nSPS) is 10.9. The van der Waals surface area contributed by atoms with E-state index < -0.39 is 5.97 Å². The van der Waals surface area contributed by atoms with Gasteiger partial charge in [0.2, 0.25) is 0 Å². The van der Waals surface area contributed by atoms with Gasteiger partial charge in [0, 0.05) is 51.1 Å². The number of rotatable bonds is 5. The van der Waals surface area contributed by atoms with Gasteiger partial charge in [-0.2, -0.15) is 10.2 Å². The molecule has 228 valence electrons. The van der Waals surface area contributed by atoms with E-state index in [0.29, 0.717) is 64.6 Å². The molecule has 0 spiro atoms. The second-order valence-electron chi connectivity index (χ2n) is 9.50. The molecule has 6 rings (SSSR count). The van der Waals surface area contributed by atoms with Gasteiger partial charge in [0.25, 0.3) is 0 Å². The van der Waals surface area contributed by atoms with Gasteiger partial charge in [-0.25, -0.2) is 23.8 Å². The standard InChI is InChI=1S/C16H11Cl2N3O3.C14H8Cl3N3O/c1-8(22)14-15(9-3-11(17)6-12(18)4-9)21-13(20-14)5-10(7-19-21)16(23)24-2;1-7(21)13-14(8-2-9(15)4-10(16)3-8)20-12(19-13)5-11(17)6-18-20/h3-7H,1-2H3;2-6H,1H3. The molecule has 2 aromatic carbocycles. The highest BCUT2D eigenvalue weighted by atomic mass is 35.5. The van der Waals surface area contributed by atoms with Crippen molar-refractivity contribution >= 4 is 86.8 Å². The first-order valence-corrected chi connectivity index (χ1v) is 14.7. The Labute approximate surface area is 280 Å². The minimum Gasteiger partial charge on any atom is -0.465 e. The number of hydrogen-bond donors (Lipinski definition) is 0. The Hall–Kier alpha value is -4.06. The number of fused-ring (bicyclic) bond motifs is 2. The molecule has 0 aliphatic rings. The van der Waals surface area contributed by atoms with Gasteiger partial charge in [0.15, 0.2) is 22.9 Å². The summed E-state index contributed by atoms with van der Waals surface area (Å²) >= 11 is 30.1. The van der Waals surface area contributed by atoms with Gasteiger partial charge in [0.05, 0.1) is 30.1 Å². The Morgan fingerprint density at radius 3 is 1.44 bits per heavy atom. The SMILES string of the molecule is CC(=O)c1nc2cc(Cl)cnn2c1-c1cc(Cl)cc(Cl)c1.COC(=O)c1cnn2c(-c3cc(Cl)cc(Cl)c3)c(C(C)=O)nc2c1. The fourth-order valence-electron chi connectivity index (χ4n) is 4.47.